The minimum atomic E-state index is -5.85. The Balaban J connectivity index is 1.96. The summed E-state index contributed by atoms with van der Waals surface area (Å²) in [6.45, 7) is 2.39. The summed E-state index contributed by atoms with van der Waals surface area (Å²) in [4.78, 5) is 25.0. The van der Waals surface area contributed by atoms with Gasteiger partial charge in [0.15, 0.2) is 6.10 Å². The van der Waals surface area contributed by atoms with Gasteiger partial charge in [0.2, 0.25) is 0 Å². The van der Waals surface area contributed by atoms with Gasteiger partial charge in [-0.15, -0.1) is 0 Å². The molecule has 0 aliphatic heterocycles. The molecule has 0 saturated carbocycles. The minimum absolute atomic E-state index is 0.0570. The van der Waals surface area contributed by atoms with Gasteiger partial charge in [-0.1, -0.05) is 24.3 Å². The maximum absolute atomic E-state index is 13.0. The lowest BCUT2D eigenvalue weighted by atomic mass is 10.1. The zero-order chi connectivity index (χ0) is 29.1. The number of carboxylic acids is 1. The van der Waals surface area contributed by atoms with Crippen molar-refractivity contribution in [2.45, 2.75) is 45.1 Å². The molecule has 0 aromatic heterocycles. The number of hydrogen-bond acceptors (Lipinski definition) is 6. The van der Waals surface area contributed by atoms with Crippen LogP contribution in [-0.4, -0.2) is 73.4 Å². The molecule has 13 heteroatoms. The first-order valence-corrected chi connectivity index (χ1v) is 12.0. The Hall–Kier alpha value is -3.45. The number of aliphatic carboxylic acids is 1. The highest BCUT2D eigenvalue weighted by atomic mass is 19.4. The molecule has 1 unspecified atom stereocenters. The summed E-state index contributed by atoms with van der Waals surface area (Å²) in [5.74, 6) is -0.447. The van der Waals surface area contributed by atoms with Gasteiger partial charge in [-0.05, 0) is 55.7 Å². The summed E-state index contributed by atoms with van der Waals surface area (Å²) in [5.41, 5.74) is 1.51. The van der Waals surface area contributed by atoms with Crippen molar-refractivity contribution < 1.29 is 55.6 Å². The standard InChI is InChI=1S/C26H30F5NO7/c1-3-36-22(23(33)34)17-19-8-10-20(11-9-19)37-15-13-32(12-5-14-38-26(30,31)25(27,28)29)24(35)39-21-7-4-6-18(2)16-21/h4,6-11,16,22H,3,5,12-15,17H2,1-2H3,(H,33,34). The highest BCUT2D eigenvalue weighted by molar-refractivity contribution is 5.72. The molecule has 1 N–H and O–H groups in total. The van der Waals surface area contributed by atoms with E-state index in [1.54, 1.807) is 56.3 Å². The Morgan fingerprint density at radius 2 is 1.67 bits per heavy atom. The predicted octanol–water partition coefficient (Wildman–Crippen LogP) is 5.47. The average Bonchev–Trinajstić information content (AvgIpc) is 2.85. The Bertz CT molecular complexity index is 1060. The fourth-order valence-electron chi connectivity index (χ4n) is 3.30. The van der Waals surface area contributed by atoms with Crippen molar-refractivity contribution in [2.75, 3.05) is 32.9 Å². The van der Waals surface area contributed by atoms with E-state index in [0.29, 0.717) is 11.3 Å². The number of carboxylic acid groups (broad SMARTS) is 1. The Morgan fingerprint density at radius 3 is 2.26 bits per heavy atom. The van der Waals surface area contributed by atoms with Gasteiger partial charge in [-0.3, -0.25) is 0 Å². The lowest BCUT2D eigenvalue weighted by Gasteiger charge is -2.23. The van der Waals surface area contributed by atoms with Crippen LogP contribution in [0.3, 0.4) is 0 Å². The molecule has 0 radical (unpaired) electrons. The third kappa shape index (κ3) is 10.7. The van der Waals surface area contributed by atoms with E-state index in [-0.39, 0.29) is 44.9 Å². The van der Waals surface area contributed by atoms with Crippen LogP contribution in [0.4, 0.5) is 26.7 Å². The number of ether oxygens (including phenoxy) is 4. The summed E-state index contributed by atoms with van der Waals surface area (Å²) in [5, 5.41) is 9.21. The second kappa shape index (κ2) is 14.6. The van der Waals surface area contributed by atoms with E-state index >= 15 is 0 Å². The lowest BCUT2D eigenvalue weighted by Crippen LogP contribution is -2.41. The summed E-state index contributed by atoms with van der Waals surface area (Å²) >= 11 is 0. The van der Waals surface area contributed by atoms with Crippen LogP contribution in [-0.2, 0) is 20.7 Å². The molecule has 0 heterocycles. The molecule has 0 bridgehead atoms. The zero-order valence-corrected chi connectivity index (χ0v) is 21.4. The fourth-order valence-corrected chi connectivity index (χ4v) is 3.30. The van der Waals surface area contributed by atoms with Crippen molar-refractivity contribution in [3.63, 3.8) is 0 Å². The summed E-state index contributed by atoms with van der Waals surface area (Å²) in [7, 11) is 0. The van der Waals surface area contributed by atoms with Crippen molar-refractivity contribution in [1.29, 1.82) is 0 Å². The summed E-state index contributed by atoms with van der Waals surface area (Å²) in [6, 6.07) is 13.1. The van der Waals surface area contributed by atoms with Gasteiger partial charge in [-0.25, -0.2) is 9.59 Å². The number of hydrogen-bond donors (Lipinski definition) is 1. The normalized spacial score (nSPS) is 12.6. The molecule has 1 amide bonds. The topological polar surface area (TPSA) is 94.5 Å². The minimum Gasteiger partial charge on any atom is -0.492 e. The molecule has 0 aliphatic rings. The van der Waals surface area contributed by atoms with Crippen LogP contribution >= 0.6 is 0 Å². The van der Waals surface area contributed by atoms with E-state index in [4.69, 9.17) is 14.2 Å². The largest absolute Gasteiger partial charge is 0.492 e. The van der Waals surface area contributed by atoms with Crippen LogP contribution in [0, 0.1) is 6.92 Å². The summed E-state index contributed by atoms with van der Waals surface area (Å²) < 4.78 is 82.7. The zero-order valence-electron chi connectivity index (χ0n) is 21.4. The fraction of sp³-hybridized carbons (Fsp3) is 0.462. The van der Waals surface area contributed by atoms with Gasteiger partial charge < -0.3 is 29.0 Å². The number of aryl methyl sites for hydroxylation is 1. The van der Waals surface area contributed by atoms with Crippen molar-refractivity contribution in [3.8, 4) is 11.5 Å². The highest BCUT2D eigenvalue weighted by Gasteiger charge is 2.59. The number of amides is 1. The molecule has 216 valence electrons. The van der Waals surface area contributed by atoms with Gasteiger partial charge >= 0.3 is 24.3 Å². The van der Waals surface area contributed by atoms with Crippen LogP contribution in [0.25, 0.3) is 0 Å². The van der Waals surface area contributed by atoms with Gasteiger partial charge in [0, 0.05) is 19.6 Å². The quantitative estimate of drug-likeness (QED) is 0.227. The van der Waals surface area contributed by atoms with Crippen LogP contribution < -0.4 is 9.47 Å². The number of carbonyl (C=O) groups excluding carboxylic acids is 1. The molecular weight excluding hydrogens is 533 g/mol. The molecular formula is C26H30F5NO7. The third-order valence-electron chi connectivity index (χ3n) is 5.26. The van der Waals surface area contributed by atoms with Crippen molar-refractivity contribution in [3.05, 3.63) is 59.7 Å². The van der Waals surface area contributed by atoms with Crippen LogP contribution in [0.2, 0.25) is 0 Å². The molecule has 1 atom stereocenters. The first-order chi connectivity index (χ1) is 18.3. The second-order valence-corrected chi connectivity index (χ2v) is 8.37. The smallest absolute Gasteiger partial charge is 0.482 e. The number of carbonyl (C=O) groups is 2. The number of alkyl halides is 5. The molecule has 0 saturated heterocycles. The van der Waals surface area contributed by atoms with Gasteiger partial charge in [0.25, 0.3) is 0 Å². The molecule has 0 aliphatic carbocycles. The number of benzene rings is 2. The van der Waals surface area contributed by atoms with Crippen molar-refractivity contribution in [2.24, 2.45) is 0 Å². The first kappa shape index (κ1) is 31.8. The van der Waals surface area contributed by atoms with E-state index in [1.807, 2.05) is 0 Å². The van der Waals surface area contributed by atoms with E-state index in [0.717, 1.165) is 10.5 Å². The lowest BCUT2D eigenvalue weighted by molar-refractivity contribution is -0.391. The maximum Gasteiger partial charge on any atom is 0.482 e. The molecule has 2 rings (SSSR count). The number of nitrogens with zero attached hydrogens (tertiary/aromatic N) is 1. The molecule has 2 aromatic carbocycles. The number of halogens is 5. The van der Waals surface area contributed by atoms with Gasteiger partial charge in [-0.2, -0.15) is 22.0 Å². The Morgan fingerprint density at radius 1 is 0.974 bits per heavy atom. The average molecular weight is 564 g/mol. The Labute approximate surface area is 222 Å². The highest BCUT2D eigenvalue weighted by Crippen LogP contribution is 2.36. The molecule has 39 heavy (non-hydrogen) atoms. The maximum atomic E-state index is 13.0. The summed E-state index contributed by atoms with van der Waals surface area (Å²) in [6.07, 6.45) is -13.2. The molecule has 0 fully saturated rings. The van der Waals surface area contributed by atoms with E-state index in [9.17, 15) is 36.6 Å². The van der Waals surface area contributed by atoms with Gasteiger partial charge in [0.1, 0.15) is 18.1 Å². The van der Waals surface area contributed by atoms with E-state index < -0.39 is 37.1 Å². The molecule has 0 spiro atoms. The number of rotatable bonds is 15. The van der Waals surface area contributed by atoms with Crippen LogP contribution in [0.1, 0.15) is 24.5 Å². The van der Waals surface area contributed by atoms with Gasteiger partial charge in [0.05, 0.1) is 13.2 Å². The van der Waals surface area contributed by atoms with E-state index in [2.05, 4.69) is 4.74 Å². The first-order valence-electron chi connectivity index (χ1n) is 12.0. The SMILES string of the molecule is CCOC(Cc1ccc(OCCN(CCCOC(F)(F)C(F)(F)F)C(=O)Oc2cccc(C)c2)cc1)C(=O)O. The second-order valence-electron chi connectivity index (χ2n) is 8.37. The third-order valence-corrected chi connectivity index (χ3v) is 5.26. The predicted molar refractivity (Wildman–Crippen MR) is 129 cm³/mol. The Kier molecular flexibility index (Phi) is 11.9. The van der Waals surface area contributed by atoms with Crippen LogP contribution in [0.15, 0.2) is 48.5 Å². The monoisotopic (exact) mass is 563 g/mol. The van der Waals surface area contributed by atoms with Crippen molar-refractivity contribution in [1.82, 2.24) is 4.90 Å². The van der Waals surface area contributed by atoms with E-state index in [1.165, 1.54) is 6.07 Å². The molecule has 2 aromatic rings. The van der Waals surface area contributed by atoms with Crippen LogP contribution in [0.5, 0.6) is 11.5 Å². The van der Waals surface area contributed by atoms with Crippen molar-refractivity contribution >= 4 is 12.1 Å². The molecule has 8 nitrogen and oxygen atoms in total.